The molecule has 3 rings (SSSR count). The highest BCUT2D eigenvalue weighted by Gasteiger charge is 2.41. The number of ether oxygens (including phenoxy) is 3. The zero-order chi connectivity index (χ0) is 26.0. The van der Waals surface area contributed by atoms with Crippen LogP contribution in [0.3, 0.4) is 0 Å². The van der Waals surface area contributed by atoms with Gasteiger partial charge in [0, 0.05) is 24.8 Å². The first-order valence-corrected chi connectivity index (χ1v) is 12.4. The quantitative estimate of drug-likeness (QED) is 0.418. The maximum absolute atomic E-state index is 13.3. The van der Waals surface area contributed by atoms with Crippen LogP contribution < -0.4 is 0 Å². The SMILES string of the molecule is CC(C)(C)OC(=O)N1CC(CCOCc2ccccc2)c2c(cc(Br)n2C(=O)OC(C)(C)C)C1=O. The van der Waals surface area contributed by atoms with Crippen LogP contribution in [-0.4, -0.2) is 51.9 Å². The molecule has 2 heterocycles. The second-order valence-electron chi connectivity index (χ2n) is 10.5. The van der Waals surface area contributed by atoms with Crippen molar-refractivity contribution in [3.05, 3.63) is 57.8 Å². The van der Waals surface area contributed by atoms with Crippen LogP contribution in [0.4, 0.5) is 9.59 Å². The summed E-state index contributed by atoms with van der Waals surface area (Å²) in [5.74, 6) is -0.872. The van der Waals surface area contributed by atoms with Gasteiger partial charge in [0.15, 0.2) is 0 Å². The third-order valence-corrected chi connectivity index (χ3v) is 5.75. The van der Waals surface area contributed by atoms with E-state index >= 15 is 0 Å². The van der Waals surface area contributed by atoms with Gasteiger partial charge in [-0.3, -0.25) is 4.79 Å². The molecular weight excluding hydrogens is 516 g/mol. The van der Waals surface area contributed by atoms with E-state index in [-0.39, 0.29) is 18.0 Å². The highest BCUT2D eigenvalue weighted by atomic mass is 79.9. The fraction of sp³-hybridized carbons (Fsp3) is 0.500. The molecule has 2 amide bonds. The predicted molar refractivity (Wildman–Crippen MR) is 134 cm³/mol. The summed E-state index contributed by atoms with van der Waals surface area (Å²) in [7, 11) is 0. The van der Waals surface area contributed by atoms with Crippen LogP contribution in [0.2, 0.25) is 0 Å². The molecular formula is C26H33BrN2O6. The van der Waals surface area contributed by atoms with Crippen LogP contribution in [0, 0.1) is 0 Å². The highest BCUT2D eigenvalue weighted by molar-refractivity contribution is 9.10. The van der Waals surface area contributed by atoms with Crippen molar-refractivity contribution in [1.29, 1.82) is 0 Å². The topological polar surface area (TPSA) is 87.1 Å². The molecule has 8 nitrogen and oxygen atoms in total. The Hall–Kier alpha value is -2.65. The molecule has 0 saturated carbocycles. The standard InChI is InChI=1S/C26H33BrN2O6/c1-25(2,3)34-23(31)28-15-18(12-13-33-16-17-10-8-7-9-11-17)21-19(22(28)30)14-20(27)29(21)24(32)35-26(4,5)6/h7-11,14,18H,12-13,15-16H2,1-6H3. The van der Waals surface area contributed by atoms with Crippen molar-refractivity contribution < 1.29 is 28.6 Å². The minimum atomic E-state index is -0.755. The number of nitrogens with zero attached hydrogens (tertiary/aromatic N) is 2. The van der Waals surface area contributed by atoms with Gasteiger partial charge in [0.05, 0.1) is 16.8 Å². The van der Waals surface area contributed by atoms with Crippen LogP contribution in [-0.2, 0) is 20.8 Å². The number of amides is 2. The predicted octanol–water partition coefficient (Wildman–Crippen LogP) is 6.12. The van der Waals surface area contributed by atoms with Crippen LogP contribution in [0.5, 0.6) is 0 Å². The van der Waals surface area contributed by atoms with Gasteiger partial charge in [-0.05, 0) is 75.5 Å². The second-order valence-corrected chi connectivity index (χ2v) is 11.3. The summed E-state index contributed by atoms with van der Waals surface area (Å²) in [6.45, 7) is 11.4. The van der Waals surface area contributed by atoms with Gasteiger partial charge in [-0.25, -0.2) is 19.1 Å². The molecule has 1 aromatic carbocycles. The number of imide groups is 1. The molecule has 0 saturated heterocycles. The zero-order valence-electron chi connectivity index (χ0n) is 21.1. The molecule has 0 bridgehead atoms. The van der Waals surface area contributed by atoms with Crippen molar-refractivity contribution in [2.75, 3.05) is 13.2 Å². The van der Waals surface area contributed by atoms with Crippen molar-refractivity contribution >= 4 is 34.0 Å². The lowest BCUT2D eigenvalue weighted by Gasteiger charge is -2.33. The Morgan fingerprint density at radius 1 is 1.00 bits per heavy atom. The van der Waals surface area contributed by atoms with Crippen molar-refractivity contribution in [3.8, 4) is 0 Å². The lowest BCUT2D eigenvalue weighted by Crippen LogP contribution is -2.47. The largest absolute Gasteiger partial charge is 0.443 e. The molecule has 190 valence electrons. The molecule has 1 atom stereocenters. The Balaban J connectivity index is 1.89. The van der Waals surface area contributed by atoms with Gasteiger partial charge in [0.2, 0.25) is 0 Å². The van der Waals surface area contributed by atoms with E-state index in [0.717, 1.165) is 10.5 Å². The summed E-state index contributed by atoms with van der Waals surface area (Å²) in [6.07, 6.45) is -0.838. The van der Waals surface area contributed by atoms with Gasteiger partial charge in [-0.1, -0.05) is 30.3 Å². The molecule has 0 spiro atoms. The lowest BCUT2D eigenvalue weighted by atomic mass is 9.93. The number of rotatable bonds is 5. The van der Waals surface area contributed by atoms with Gasteiger partial charge in [-0.15, -0.1) is 0 Å². The van der Waals surface area contributed by atoms with Gasteiger partial charge < -0.3 is 14.2 Å². The Labute approximate surface area is 214 Å². The van der Waals surface area contributed by atoms with Crippen LogP contribution in [0.1, 0.15) is 75.5 Å². The van der Waals surface area contributed by atoms with Crippen molar-refractivity contribution in [2.24, 2.45) is 0 Å². The number of carbonyl (C=O) groups is 3. The first-order chi connectivity index (χ1) is 16.3. The van der Waals surface area contributed by atoms with E-state index < -0.39 is 29.3 Å². The molecule has 0 aliphatic carbocycles. The lowest BCUT2D eigenvalue weighted by molar-refractivity contribution is 0.0204. The minimum Gasteiger partial charge on any atom is -0.443 e. The number of hydrogen-bond donors (Lipinski definition) is 0. The Bertz CT molecular complexity index is 1080. The van der Waals surface area contributed by atoms with E-state index in [2.05, 4.69) is 15.9 Å². The van der Waals surface area contributed by atoms with Crippen molar-refractivity contribution in [3.63, 3.8) is 0 Å². The normalized spacial score (nSPS) is 16.1. The van der Waals surface area contributed by atoms with E-state index in [4.69, 9.17) is 14.2 Å². The smallest absolute Gasteiger partial charge is 0.419 e. The number of hydrogen-bond acceptors (Lipinski definition) is 6. The molecule has 0 N–H and O–H groups in total. The third-order valence-electron chi connectivity index (χ3n) is 5.17. The summed E-state index contributed by atoms with van der Waals surface area (Å²) >= 11 is 3.40. The molecule has 0 radical (unpaired) electrons. The second kappa shape index (κ2) is 10.5. The van der Waals surface area contributed by atoms with Crippen LogP contribution >= 0.6 is 15.9 Å². The third kappa shape index (κ3) is 6.95. The number of fused-ring (bicyclic) bond motifs is 1. The fourth-order valence-corrected chi connectivity index (χ4v) is 4.35. The fourth-order valence-electron chi connectivity index (χ4n) is 3.79. The monoisotopic (exact) mass is 548 g/mol. The molecule has 1 aliphatic rings. The molecule has 2 aromatic rings. The maximum atomic E-state index is 13.3. The summed E-state index contributed by atoms with van der Waals surface area (Å²) in [4.78, 5) is 40.3. The van der Waals surface area contributed by atoms with Gasteiger partial charge in [0.25, 0.3) is 5.91 Å². The minimum absolute atomic E-state index is 0.0642. The van der Waals surface area contributed by atoms with Gasteiger partial charge >= 0.3 is 12.2 Å². The first kappa shape index (κ1) is 26.9. The van der Waals surface area contributed by atoms with E-state index in [1.165, 1.54) is 4.57 Å². The summed E-state index contributed by atoms with van der Waals surface area (Å²) < 4.78 is 18.7. The average Bonchev–Trinajstić information content (AvgIpc) is 3.08. The van der Waals surface area contributed by atoms with E-state index in [0.29, 0.717) is 29.9 Å². The zero-order valence-corrected chi connectivity index (χ0v) is 22.7. The molecule has 1 unspecified atom stereocenters. The maximum Gasteiger partial charge on any atom is 0.419 e. The first-order valence-electron chi connectivity index (χ1n) is 11.6. The van der Waals surface area contributed by atoms with Crippen LogP contribution in [0.15, 0.2) is 41.0 Å². The van der Waals surface area contributed by atoms with Gasteiger partial charge in [-0.2, -0.15) is 0 Å². The summed E-state index contributed by atoms with van der Waals surface area (Å²) in [6, 6.07) is 11.3. The van der Waals surface area contributed by atoms with Crippen molar-refractivity contribution in [2.45, 2.75) is 71.7 Å². The Kier molecular flexibility index (Phi) is 8.11. The summed E-state index contributed by atoms with van der Waals surface area (Å²) in [5, 5.41) is 0. The highest BCUT2D eigenvalue weighted by Crippen LogP contribution is 2.36. The molecule has 1 aromatic heterocycles. The molecule has 1 aliphatic heterocycles. The van der Waals surface area contributed by atoms with E-state index in [9.17, 15) is 14.4 Å². The number of benzene rings is 1. The van der Waals surface area contributed by atoms with E-state index in [1.807, 2.05) is 30.3 Å². The van der Waals surface area contributed by atoms with Gasteiger partial charge in [0.1, 0.15) is 11.2 Å². The molecule has 35 heavy (non-hydrogen) atoms. The number of carbonyl (C=O) groups excluding carboxylic acids is 3. The molecule has 9 heteroatoms. The van der Waals surface area contributed by atoms with Crippen molar-refractivity contribution in [1.82, 2.24) is 9.47 Å². The Morgan fingerprint density at radius 2 is 1.60 bits per heavy atom. The summed E-state index contributed by atoms with van der Waals surface area (Å²) in [5.41, 5.74) is 0.326. The average molecular weight is 549 g/mol. The number of aromatic nitrogens is 1. The van der Waals surface area contributed by atoms with Crippen LogP contribution in [0.25, 0.3) is 0 Å². The van der Waals surface area contributed by atoms with E-state index in [1.54, 1.807) is 47.6 Å². The number of halogens is 1. The molecule has 0 fully saturated rings. The Morgan fingerprint density at radius 3 is 2.20 bits per heavy atom.